The lowest BCUT2D eigenvalue weighted by molar-refractivity contribution is -0.131. The molecule has 3 aromatic rings. The van der Waals surface area contributed by atoms with Crippen LogP contribution in [0, 0.1) is 0 Å². The van der Waals surface area contributed by atoms with Crippen molar-refractivity contribution in [3.63, 3.8) is 0 Å². The summed E-state index contributed by atoms with van der Waals surface area (Å²) in [5, 5.41) is 9.17. The van der Waals surface area contributed by atoms with Gasteiger partial charge in [0.15, 0.2) is 0 Å². The van der Waals surface area contributed by atoms with Crippen LogP contribution in [0.15, 0.2) is 54.9 Å². The third-order valence-electron chi connectivity index (χ3n) is 5.24. The highest BCUT2D eigenvalue weighted by atomic mass is 16.5. The Kier molecular flexibility index (Phi) is 5.12. The molecule has 4 rings (SSSR count). The average Bonchev–Trinajstić information content (AvgIpc) is 3.22. The predicted molar refractivity (Wildman–Crippen MR) is 105 cm³/mol. The Balaban J connectivity index is 1.56. The molecule has 2 heterocycles. The Bertz CT molecular complexity index is 965. The minimum Gasteiger partial charge on any atom is -0.497 e. The highest BCUT2D eigenvalue weighted by Gasteiger charge is 2.31. The zero-order valence-corrected chi connectivity index (χ0v) is 15.8. The van der Waals surface area contributed by atoms with Gasteiger partial charge in [0.1, 0.15) is 5.75 Å². The van der Waals surface area contributed by atoms with Gasteiger partial charge in [0, 0.05) is 12.5 Å². The maximum absolute atomic E-state index is 13.0. The maximum atomic E-state index is 13.0. The smallest absolute Gasteiger partial charge is 0.227 e. The van der Waals surface area contributed by atoms with Crippen LogP contribution in [0.5, 0.6) is 5.75 Å². The van der Waals surface area contributed by atoms with Crippen molar-refractivity contribution in [2.75, 3.05) is 13.7 Å². The van der Waals surface area contributed by atoms with Crippen LogP contribution in [-0.2, 0) is 24.4 Å². The second-order valence-electron chi connectivity index (χ2n) is 7.02. The van der Waals surface area contributed by atoms with Gasteiger partial charge in [-0.2, -0.15) is 0 Å². The number of aliphatic hydroxyl groups is 1. The largest absolute Gasteiger partial charge is 0.497 e. The minimum absolute atomic E-state index is 0.00513. The van der Waals surface area contributed by atoms with E-state index in [4.69, 9.17) is 9.84 Å². The predicted octanol–water partition coefficient (Wildman–Crippen LogP) is 2.63. The van der Waals surface area contributed by atoms with Gasteiger partial charge in [-0.1, -0.05) is 36.4 Å². The number of aromatic nitrogens is 2. The zero-order valence-electron chi connectivity index (χ0n) is 15.8. The number of aromatic amines is 1. The fourth-order valence-electron chi connectivity index (χ4n) is 3.68. The summed E-state index contributed by atoms with van der Waals surface area (Å²) < 4.78 is 5.36. The molecule has 28 heavy (non-hydrogen) atoms. The van der Waals surface area contributed by atoms with Crippen LogP contribution in [0.2, 0.25) is 0 Å². The van der Waals surface area contributed by atoms with Crippen LogP contribution >= 0.6 is 0 Å². The zero-order chi connectivity index (χ0) is 19.5. The third kappa shape index (κ3) is 3.64. The minimum atomic E-state index is 0.00513. The van der Waals surface area contributed by atoms with E-state index < -0.39 is 0 Å². The van der Waals surface area contributed by atoms with Gasteiger partial charge in [-0.25, -0.2) is 4.98 Å². The Morgan fingerprint density at radius 2 is 2.04 bits per heavy atom. The number of hydrogen-bond donors (Lipinski definition) is 2. The second-order valence-corrected chi connectivity index (χ2v) is 7.02. The number of rotatable bonds is 5. The van der Waals surface area contributed by atoms with E-state index in [1.54, 1.807) is 13.4 Å². The van der Waals surface area contributed by atoms with Crippen molar-refractivity contribution in [2.45, 2.75) is 25.5 Å². The molecule has 6 heteroatoms. The molecule has 0 bridgehead atoms. The number of carbonyl (C=O) groups excluding carboxylic acids is 1. The first-order chi connectivity index (χ1) is 13.7. The topological polar surface area (TPSA) is 78.5 Å². The number of aliphatic hydroxyl groups excluding tert-OH is 1. The van der Waals surface area contributed by atoms with Gasteiger partial charge >= 0.3 is 0 Å². The Labute approximate surface area is 163 Å². The number of H-pyrrole nitrogens is 1. The molecule has 144 valence electrons. The van der Waals surface area contributed by atoms with E-state index in [1.807, 2.05) is 53.4 Å². The highest BCUT2D eigenvalue weighted by molar-refractivity contribution is 5.79. The van der Waals surface area contributed by atoms with Crippen molar-refractivity contribution >= 4 is 5.91 Å². The summed E-state index contributed by atoms with van der Waals surface area (Å²) in [6.07, 6.45) is 2.03. The van der Waals surface area contributed by atoms with Gasteiger partial charge in [0.2, 0.25) is 5.91 Å². The summed E-state index contributed by atoms with van der Waals surface area (Å²) in [5.41, 5.74) is 4.83. The van der Waals surface area contributed by atoms with Gasteiger partial charge < -0.3 is 19.7 Å². The third-order valence-corrected chi connectivity index (χ3v) is 5.24. The van der Waals surface area contributed by atoms with Gasteiger partial charge in [-0.3, -0.25) is 4.79 Å². The quantitative estimate of drug-likeness (QED) is 0.716. The van der Waals surface area contributed by atoms with Crippen LogP contribution < -0.4 is 4.74 Å². The fourth-order valence-corrected chi connectivity index (χ4v) is 3.68. The van der Waals surface area contributed by atoms with Crippen molar-refractivity contribution in [2.24, 2.45) is 0 Å². The molecule has 1 aromatic heterocycles. The van der Waals surface area contributed by atoms with E-state index in [9.17, 15) is 4.79 Å². The van der Waals surface area contributed by atoms with E-state index in [0.717, 1.165) is 33.8 Å². The molecule has 6 nitrogen and oxygen atoms in total. The van der Waals surface area contributed by atoms with E-state index in [-0.39, 0.29) is 18.4 Å². The Morgan fingerprint density at radius 3 is 2.79 bits per heavy atom. The number of ether oxygens (including phenoxy) is 1. The molecule has 0 saturated heterocycles. The lowest BCUT2D eigenvalue weighted by atomic mass is 9.90. The van der Waals surface area contributed by atoms with Crippen LogP contribution in [0.25, 0.3) is 0 Å². The monoisotopic (exact) mass is 377 g/mol. The normalized spacial score (nSPS) is 15.9. The molecular weight excluding hydrogens is 354 g/mol. The van der Waals surface area contributed by atoms with Gasteiger partial charge in [0.25, 0.3) is 0 Å². The van der Waals surface area contributed by atoms with Crippen LogP contribution in [-0.4, -0.2) is 39.5 Å². The van der Waals surface area contributed by atoms with Crippen molar-refractivity contribution in [3.05, 3.63) is 82.9 Å². The number of amides is 1. The van der Waals surface area contributed by atoms with Crippen molar-refractivity contribution in [1.29, 1.82) is 0 Å². The Morgan fingerprint density at radius 1 is 1.25 bits per heavy atom. The first-order valence-corrected chi connectivity index (χ1v) is 9.30. The summed E-state index contributed by atoms with van der Waals surface area (Å²) in [5.74, 6) is 0.873. The molecule has 2 aromatic carbocycles. The number of nitrogens with one attached hydrogen (secondary N) is 1. The molecule has 1 aliphatic rings. The number of fused-ring (bicyclic) bond motifs is 1. The molecular formula is C22H23N3O3. The Hall–Kier alpha value is -3.12. The van der Waals surface area contributed by atoms with E-state index in [1.165, 1.54) is 0 Å². The van der Waals surface area contributed by atoms with Crippen LogP contribution in [0.4, 0.5) is 0 Å². The van der Waals surface area contributed by atoms with E-state index in [0.29, 0.717) is 19.5 Å². The summed E-state index contributed by atoms with van der Waals surface area (Å²) in [6, 6.07) is 15.4. The van der Waals surface area contributed by atoms with E-state index in [2.05, 4.69) is 9.97 Å². The molecule has 0 fully saturated rings. The lowest BCUT2D eigenvalue weighted by Gasteiger charge is -2.32. The maximum Gasteiger partial charge on any atom is 0.227 e. The molecule has 0 aliphatic carbocycles. The van der Waals surface area contributed by atoms with E-state index >= 15 is 0 Å². The number of hydrogen-bond acceptors (Lipinski definition) is 4. The van der Waals surface area contributed by atoms with Gasteiger partial charge in [-0.15, -0.1) is 0 Å². The number of imidazole rings is 1. The SMILES string of the molecule is COc1cccc(C2CN(C(=O)Cc3ccc(CO)cc3)Cc3[nH]cnc32)c1. The van der Waals surface area contributed by atoms with Gasteiger partial charge in [0.05, 0.1) is 44.4 Å². The molecule has 2 N–H and O–H groups in total. The van der Waals surface area contributed by atoms with Crippen molar-refractivity contribution in [3.8, 4) is 5.75 Å². The van der Waals surface area contributed by atoms with Crippen LogP contribution in [0.1, 0.15) is 34.0 Å². The number of carbonyl (C=O) groups is 1. The first kappa shape index (κ1) is 18.3. The first-order valence-electron chi connectivity index (χ1n) is 9.30. The molecule has 1 aliphatic heterocycles. The molecule has 1 atom stereocenters. The molecule has 0 saturated carbocycles. The molecule has 1 amide bonds. The molecule has 1 unspecified atom stereocenters. The number of methoxy groups -OCH3 is 1. The average molecular weight is 377 g/mol. The lowest BCUT2D eigenvalue weighted by Crippen LogP contribution is -2.39. The number of benzene rings is 2. The van der Waals surface area contributed by atoms with Gasteiger partial charge in [-0.05, 0) is 28.8 Å². The van der Waals surface area contributed by atoms with Crippen molar-refractivity contribution in [1.82, 2.24) is 14.9 Å². The second kappa shape index (κ2) is 7.86. The molecule has 0 spiro atoms. The summed E-state index contributed by atoms with van der Waals surface area (Å²) >= 11 is 0. The fraction of sp³-hybridized carbons (Fsp3) is 0.273. The summed E-state index contributed by atoms with van der Waals surface area (Å²) in [7, 11) is 1.65. The molecule has 0 radical (unpaired) electrons. The summed E-state index contributed by atoms with van der Waals surface area (Å²) in [4.78, 5) is 22.5. The van der Waals surface area contributed by atoms with Crippen LogP contribution in [0.3, 0.4) is 0 Å². The summed E-state index contributed by atoms with van der Waals surface area (Å²) in [6.45, 7) is 1.12. The van der Waals surface area contributed by atoms with Crippen molar-refractivity contribution < 1.29 is 14.6 Å². The highest BCUT2D eigenvalue weighted by Crippen LogP contribution is 2.33. The number of nitrogens with zero attached hydrogens (tertiary/aromatic N) is 2. The standard InChI is InChI=1S/C22H23N3O3/c1-28-18-4-2-3-17(10-18)19-11-25(12-20-22(19)24-14-23-20)21(27)9-15-5-7-16(13-26)8-6-15/h2-8,10,14,19,26H,9,11-13H2,1H3,(H,23,24).